The number of likely N-dealkylation sites (tertiary alicyclic amines) is 1. The summed E-state index contributed by atoms with van der Waals surface area (Å²) in [7, 11) is 0. The SMILES string of the molecule is CC(C)C(CN=C(NCCc1ccco1)NCC1CCOC1)N1CCCCCC1.I. The molecule has 0 aliphatic carbocycles. The highest BCUT2D eigenvalue weighted by atomic mass is 127. The summed E-state index contributed by atoms with van der Waals surface area (Å²) < 4.78 is 11.0. The topological polar surface area (TPSA) is 62.0 Å². The number of hydrogen-bond donors (Lipinski definition) is 2. The van der Waals surface area contributed by atoms with Gasteiger partial charge < -0.3 is 19.8 Å². The fraction of sp³-hybridized carbons (Fsp3) is 0.783. The van der Waals surface area contributed by atoms with Gasteiger partial charge in [0, 0.05) is 38.1 Å². The Morgan fingerprint density at radius 1 is 1.20 bits per heavy atom. The van der Waals surface area contributed by atoms with E-state index in [-0.39, 0.29) is 24.0 Å². The lowest BCUT2D eigenvalue weighted by atomic mass is 10.0. The number of nitrogens with zero attached hydrogens (tertiary/aromatic N) is 2. The first-order valence-corrected chi connectivity index (χ1v) is 11.6. The lowest BCUT2D eigenvalue weighted by Gasteiger charge is -2.32. The molecule has 1 aromatic rings. The number of rotatable bonds is 9. The van der Waals surface area contributed by atoms with Crippen molar-refractivity contribution in [2.75, 3.05) is 45.9 Å². The quantitative estimate of drug-likeness (QED) is 0.287. The summed E-state index contributed by atoms with van der Waals surface area (Å²) in [6.45, 7) is 11.4. The lowest BCUT2D eigenvalue weighted by Crippen LogP contribution is -2.44. The predicted octanol–water partition coefficient (Wildman–Crippen LogP) is 3.91. The van der Waals surface area contributed by atoms with Crippen molar-refractivity contribution >= 4 is 29.9 Å². The fourth-order valence-electron chi connectivity index (χ4n) is 4.28. The van der Waals surface area contributed by atoms with Crippen LogP contribution in [0.4, 0.5) is 0 Å². The van der Waals surface area contributed by atoms with Crippen LogP contribution in [-0.2, 0) is 11.2 Å². The summed E-state index contributed by atoms with van der Waals surface area (Å²) in [5, 5.41) is 7.07. The van der Waals surface area contributed by atoms with Crippen LogP contribution in [0.25, 0.3) is 0 Å². The van der Waals surface area contributed by atoms with Crippen molar-refractivity contribution in [2.45, 2.75) is 58.4 Å². The van der Waals surface area contributed by atoms with Crippen molar-refractivity contribution in [1.29, 1.82) is 0 Å². The first-order valence-electron chi connectivity index (χ1n) is 11.6. The number of furan rings is 1. The molecule has 2 aliphatic heterocycles. The zero-order chi connectivity index (χ0) is 20.3. The van der Waals surface area contributed by atoms with E-state index >= 15 is 0 Å². The predicted molar refractivity (Wildman–Crippen MR) is 134 cm³/mol. The zero-order valence-corrected chi connectivity index (χ0v) is 21.1. The van der Waals surface area contributed by atoms with E-state index in [4.69, 9.17) is 14.1 Å². The van der Waals surface area contributed by atoms with Gasteiger partial charge >= 0.3 is 0 Å². The van der Waals surface area contributed by atoms with Gasteiger partial charge in [0.25, 0.3) is 0 Å². The molecule has 2 saturated heterocycles. The average Bonchev–Trinajstić information content (AvgIpc) is 3.36. The highest BCUT2D eigenvalue weighted by Gasteiger charge is 2.23. The average molecular weight is 533 g/mol. The van der Waals surface area contributed by atoms with Crippen LogP contribution < -0.4 is 10.6 Å². The smallest absolute Gasteiger partial charge is 0.191 e. The third-order valence-electron chi connectivity index (χ3n) is 6.14. The van der Waals surface area contributed by atoms with E-state index in [0.29, 0.717) is 17.9 Å². The first-order chi connectivity index (χ1) is 14.2. The molecule has 2 atom stereocenters. The van der Waals surface area contributed by atoms with Gasteiger partial charge in [-0.25, -0.2) is 0 Å². The number of aliphatic imine (C=N–C) groups is 1. The summed E-state index contributed by atoms with van der Waals surface area (Å²) >= 11 is 0. The number of ether oxygens (including phenoxy) is 1. The second-order valence-electron chi connectivity index (χ2n) is 8.82. The molecule has 0 amide bonds. The summed E-state index contributed by atoms with van der Waals surface area (Å²) in [5.41, 5.74) is 0. The standard InChI is InChI=1S/C23H40N4O2.HI/c1-19(2)22(27-12-5-3-4-6-13-27)17-26-23(25-16-20-10-15-28-18-20)24-11-9-21-8-7-14-29-21;/h7-8,14,19-20,22H,3-6,9-13,15-18H2,1-2H3,(H2,24,25,26);1H. The molecule has 2 N–H and O–H groups in total. The van der Waals surface area contributed by atoms with Gasteiger partial charge in [-0.15, -0.1) is 24.0 Å². The maximum atomic E-state index is 5.52. The molecule has 2 aliphatic rings. The van der Waals surface area contributed by atoms with Crippen LogP contribution in [-0.4, -0.2) is 62.8 Å². The molecule has 2 unspecified atom stereocenters. The molecular formula is C23H41IN4O2. The third-order valence-corrected chi connectivity index (χ3v) is 6.14. The van der Waals surface area contributed by atoms with E-state index in [9.17, 15) is 0 Å². The minimum absolute atomic E-state index is 0. The molecule has 3 rings (SSSR count). The van der Waals surface area contributed by atoms with E-state index in [1.165, 1.54) is 38.8 Å². The van der Waals surface area contributed by atoms with E-state index in [2.05, 4.69) is 29.4 Å². The molecule has 0 bridgehead atoms. The van der Waals surface area contributed by atoms with Gasteiger partial charge in [0.05, 0.1) is 19.4 Å². The second-order valence-corrected chi connectivity index (χ2v) is 8.82. The summed E-state index contributed by atoms with van der Waals surface area (Å²) in [5.74, 6) is 3.11. The third kappa shape index (κ3) is 8.75. The summed E-state index contributed by atoms with van der Waals surface area (Å²) in [6, 6.07) is 4.47. The largest absolute Gasteiger partial charge is 0.469 e. The molecule has 0 saturated carbocycles. The van der Waals surface area contributed by atoms with Gasteiger partial charge in [-0.3, -0.25) is 9.89 Å². The Hall–Kier alpha value is -0.800. The molecule has 0 spiro atoms. The Morgan fingerprint density at radius 2 is 2.00 bits per heavy atom. The van der Waals surface area contributed by atoms with Crippen molar-refractivity contribution in [2.24, 2.45) is 16.8 Å². The molecule has 3 heterocycles. The van der Waals surface area contributed by atoms with Crippen molar-refractivity contribution in [1.82, 2.24) is 15.5 Å². The van der Waals surface area contributed by atoms with Crippen molar-refractivity contribution in [3.8, 4) is 0 Å². The molecule has 7 heteroatoms. The van der Waals surface area contributed by atoms with Gasteiger partial charge in [-0.1, -0.05) is 26.7 Å². The normalized spacial score (nSPS) is 21.8. The number of nitrogens with one attached hydrogen (secondary N) is 2. The molecule has 0 aromatic carbocycles. The van der Waals surface area contributed by atoms with Gasteiger partial charge in [-0.2, -0.15) is 0 Å². The Kier molecular flexibility index (Phi) is 12.1. The lowest BCUT2D eigenvalue weighted by molar-refractivity contribution is 0.166. The van der Waals surface area contributed by atoms with E-state index in [1.807, 2.05) is 12.1 Å². The Morgan fingerprint density at radius 3 is 2.63 bits per heavy atom. The van der Waals surface area contributed by atoms with E-state index in [0.717, 1.165) is 57.4 Å². The van der Waals surface area contributed by atoms with Crippen LogP contribution in [0.3, 0.4) is 0 Å². The van der Waals surface area contributed by atoms with Gasteiger partial charge in [0.15, 0.2) is 5.96 Å². The molecule has 2 fully saturated rings. The van der Waals surface area contributed by atoms with Gasteiger partial charge in [0.1, 0.15) is 5.76 Å². The summed E-state index contributed by atoms with van der Waals surface area (Å²) in [4.78, 5) is 7.69. The highest BCUT2D eigenvalue weighted by molar-refractivity contribution is 14.0. The van der Waals surface area contributed by atoms with Crippen LogP contribution in [0, 0.1) is 11.8 Å². The molecular weight excluding hydrogens is 491 g/mol. The minimum atomic E-state index is 0. The molecule has 1 aromatic heterocycles. The summed E-state index contributed by atoms with van der Waals surface area (Å²) in [6.07, 6.45) is 9.11. The second kappa shape index (κ2) is 14.3. The van der Waals surface area contributed by atoms with Gasteiger partial charge in [-0.05, 0) is 50.4 Å². The zero-order valence-electron chi connectivity index (χ0n) is 18.8. The first kappa shape index (κ1) is 25.5. The van der Waals surface area contributed by atoms with Crippen LogP contribution in [0.15, 0.2) is 27.8 Å². The van der Waals surface area contributed by atoms with Gasteiger partial charge in [0.2, 0.25) is 0 Å². The Bertz CT molecular complexity index is 580. The van der Waals surface area contributed by atoms with Crippen LogP contribution in [0.1, 0.15) is 51.7 Å². The van der Waals surface area contributed by atoms with E-state index < -0.39 is 0 Å². The maximum absolute atomic E-state index is 5.52. The number of guanidine groups is 1. The van der Waals surface area contributed by atoms with Crippen molar-refractivity contribution in [3.05, 3.63) is 24.2 Å². The van der Waals surface area contributed by atoms with Crippen molar-refractivity contribution < 1.29 is 9.15 Å². The van der Waals surface area contributed by atoms with Crippen LogP contribution >= 0.6 is 24.0 Å². The molecule has 0 radical (unpaired) electrons. The van der Waals surface area contributed by atoms with Crippen molar-refractivity contribution in [3.63, 3.8) is 0 Å². The maximum Gasteiger partial charge on any atom is 0.191 e. The molecule has 30 heavy (non-hydrogen) atoms. The minimum Gasteiger partial charge on any atom is -0.469 e. The monoisotopic (exact) mass is 532 g/mol. The Labute approximate surface area is 199 Å². The van der Waals surface area contributed by atoms with E-state index in [1.54, 1.807) is 6.26 Å². The Balaban J connectivity index is 0.00000320. The van der Waals surface area contributed by atoms with Crippen LogP contribution in [0.5, 0.6) is 0 Å². The van der Waals surface area contributed by atoms with Crippen LogP contribution in [0.2, 0.25) is 0 Å². The molecule has 6 nitrogen and oxygen atoms in total. The fourth-order valence-corrected chi connectivity index (χ4v) is 4.28. The number of hydrogen-bond acceptors (Lipinski definition) is 4. The highest BCUT2D eigenvalue weighted by Crippen LogP contribution is 2.18. The molecule has 172 valence electrons. The number of halogens is 1.